The standard InChI is InChI=1S/C24H18FN5O10S3/c1-2-12-3-5-14(6-4-12)27-28-17-11-20(42(35,36)37)18(10-16(17)25)29-30-24-22-13(8-21(23(24)26)43(38,39)40)7-15(9-19(22)31)41(32,33)34/h2-11,31H,1,26H2,(H,32,33,34)(H,35,36,37)(H,38,39,40). The fraction of sp³-hybridized carbons (Fsp3) is 0. The van der Waals surface area contributed by atoms with Crippen molar-refractivity contribution in [1.82, 2.24) is 0 Å². The summed E-state index contributed by atoms with van der Waals surface area (Å²) in [5.74, 6) is -2.09. The topological polar surface area (TPSA) is 259 Å². The molecule has 0 spiro atoms. The van der Waals surface area contributed by atoms with Crippen LogP contribution in [-0.4, -0.2) is 44.0 Å². The van der Waals surface area contributed by atoms with Crippen LogP contribution in [0.15, 0.2) is 96.3 Å². The van der Waals surface area contributed by atoms with Gasteiger partial charge in [-0.3, -0.25) is 13.7 Å². The maximum absolute atomic E-state index is 14.9. The van der Waals surface area contributed by atoms with Crippen molar-refractivity contribution in [2.75, 3.05) is 5.73 Å². The van der Waals surface area contributed by atoms with E-state index in [1.807, 2.05) is 0 Å². The lowest BCUT2D eigenvalue weighted by Gasteiger charge is -2.12. The molecule has 4 aromatic carbocycles. The molecule has 0 amide bonds. The van der Waals surface area contributed by atoms with Gasteiger partial charge in [-0.15, -0.1) is 15.3 Å². The van der Waals surface area contributed by atoms with Gasteiger partial charge in [-0.1, -0.05) is 24.8 Å². The van der Waals surface area contributed by atoms with Crippen LogP contribution < -0.4 is 5.73 Å². The number of hydrogen-bond acceptors (Lipinski definition) is 12. The summed E-state index contributed by atoms with van der Waals surface area (Å²) in [4.78, 5) is -2.91. The number of anilines is 1. The highest BCUT2D eigenvalue weighted by Crippen LogP contribution is 2.44. The van der Waals surface area contributed by atoms with Crippen LogP contribution >= 0.6 is 0 Å². The number of benzene rings is 4. The second kappa shape index (κ2) is 11.2. The number of azo groups is 2. The Balaban J connectivity index is 1.91. The van der Waals surface area contributed by atoms with Crippen molar-refractivity contribution < 1.29 is 48.4 Å². The van der Waals surface area contributed by atoms with Crippen molar-refractivity contribution in [3.05, 3.63) is 72.6 Å². The lowest BCUT2D eigenvalue weighted by molar-refractivity contribution is 0.471. The minimum Gasteiger partial charge on any atom is -0.507 e. The van der Waals surface area contributed by atoms with E-state index in [2.05, 4.69) is 27.0 Å². The van der Waals surface area contributed by atoms with Crippen molar-refractivity contribution in [2.24, 2.45) is 20.5 Å². The third-order valence-electron chi connectivity index (χ3n) is 5.71. The van der Waals surface area contributed by atoms with Gasteiger partial charge < -0.3 is 10.8 Å². The van der Waals surface area contributed by atoms with E-state index in [0.29, 0.717) is 30.3 Å². The molecule has 0 saturated carbocycles. The van der Waals surface area contributed by atoms with Crippen molar-refractivity contribution in [3.8, 4) is 5.75 Å². The molecule has 224 valence electrons. The van der Waals surface area contributed by atoms with Crippen LogP contribution in [-0.2, 0) is 30.4 Å². The maximum Gasteiger partial charge on any atom is 0.296 e. The molecule has 19 heteroatoms. The summed E-state index contributed by atoms with van der Waals surface area (Å²) < 4.78 is 115. The quantitative estimate of drug-likeness (QED) is 0.0904. The van der Waals surface area contributed by atoms with Gasteiger partial charge in [-0.2, -0.15) is 30.4 Å². The third-order valence-corrected chi connectivity index (χ3v) is 8.32. The molecule has 0 aliphatic carbocycles. The van der Waals surface area contributed by atoms with E-state index in [1.165, 1.54) is 12.1 Å². The van der Waals surface area contributed by atoms with Crippen LogP contribution in [0, 0.1) is 5.82 Å². The first kappa shape index (κ1) is 31.3. The Morgan fingerprint density at radius 2 is 1.35 bits per heavy atom. The predicted molar refractivity (Wildman–Crippen MR) is 151 cm³/mol. The molecule has 0 bridgehead atoms. The number of nitrogens with zero attached hydrogens (tertiary/aromatic N) is 4. The Morgan fingerprint density at radius 1 is 0.744 bits per heavy atom. The Hall–Kier alpha value is -4.66. The molecule has 4 rings (SSSR count). The van der Waals surface area contributed by atoms with Gasteiger partial charge in [0.25, 0.3) is 30.4 Å². The number of hydrogen-bond donors (Lipinski definition) is 5. The summed E-state index contributed by atoms with van der Waals surface area (Å²) in [6.45, 7) is 3.60. The third kappa shape index (κ3) is 6.71. The maximum atomic E-state index is 14.9. The van der Waals surface area contributed by atoms with E-state index in [9.17, 15) is 48.4 Å². The lowest BCUT2D eigenvalue weighted by atomic mass is 10.1. The van der Waals surface area contributed by atoms with Gasteiger partial charge >= 0.3 is 0 Å². The molecule has 0 unspecified atom stereocenters. The summed E-state index contributed by atoms with van der Waals surface area (Å²) in [7, 11) is -15.2. The van der Waals surface area contributed by atoms with E-state index in [-0.39, 0.29) is 5.69 Å². The Kier molecular flexibility index (Phi) is 8.15. The van der Waals surface area contributed by atoms with Crippen LogP contribution in [0.2, 0.25) is 0 Å². The molecule has 0 heterocycles. The van der Waals surface area contributed by atoms with Crippen molar-refractivity contribution in [1.29, 1.82) is 0 Å². The number of nitrogen functional groups attached to an aromatic ring is 1. The first-order chi connectivity index (χ1) is 19.9. The van der Waals surface area contributed by atoms with Gasteiger partial charge in [0.2, 0.25) is 0 Å². The summed E-state index contributed by atoms with van der Waals surface area (Å²) >= 11 is 0. The largest absolute Gasteiger partial charge is 0.507 e. The number of aromatic hydroxyl groups is 1. The molecule has 0 fully saturated rings. The second-order valence-electron chi connectivity index (χ2n) is 8.57. The molecule has 0 aliphatic heterocycles. The van der Waals surface area contributed by atoms with Gasteiger partial charge in [0.15, 0.2) is 5.82 Å². The van der Waals surface area contributed by atoms with Gasteiger partial charge in [-0.05, 0) is 41.3 Å². The molecular formula is C24H18FN5O10S3. The molecule has 43 heavy (non-hydrogen) atoms. The molecule has 0 radical (unpaired) electrons. The summed E-state index contributed by atoms with van der Waals surface area (Å²) in [6.07, 6.45) is 1.57. The van der Waals surface area contributed by atoms with Crippen LogP contribution in [0.3, 0.4) is 0 Å². The molecular weight excluding hydrogens is 633 g/mol. The average Bonchev–Trinajstić information content (AvgIpc) is 2.90. The van der Waals surface area contributed by atoms with Gasteiger partial charge in [0.05, 0.1) is 21.7 Å². The minimum atomic E-state index is -5.13. The highest BCUT2D eigenvalue weighted by atomic mass is 32.2. The Labute approximate surface area is 242 Å². The second-order valence-corrected chi connectivity index (χ2v) is 12.8. The summed E-state index contributed by atoms with van der Waals surface area (Å²) in [5.41, 5.74) is 3.81. The zero-order valence-corrected chi connectivity index (χ0v) is 23.6. The SMILES string of the molecule is C=Cc1ccc(N=Nc2cc(S(=O)(=O)O)c(N=Nc3c(N)c(S(=O)(=O)O)cc4cc(S(=O)(=O)O)cc(O)c34)cc2F)cc1. The number of nitrogens with two attached hydrogens (primary N) is 1. The van der Waals surface area contributed by atoms with Gasteiger partial charge in [0, 0.05) is 12.1 Å². The minimum absolute atomic E-state index is 0.264. The molecule has 0 aliphatic rings. The molecule has 0 aromatic heterocycles. The Morgan fingerprint density at radius 3 is 1.91 bits per heavy atom. The molecule has 15 nitrogen and oxygen atoms in total. The highest BCUT2D eigenvalue weighted by molar-refractivity contribution is 7.86. The van der Waals surface area contributed by atoms with E-state index >= 15 is 0 Å². The van der Waals surface area contributed by atoms with Crippen LogP contribution in [0.5, 0.6) is 5.75 Å². The monoisotopic (exact) mass is 651 g/mol. The van der Waals surface area contributed by atoms with Crippen LogP contribution in [0.1, 0.15) is 5.56 Å². The summed E-state index contributed by atoms with van der Waals surface area (Å²) in [6, 6.07) is 9.36. The van der Waals surface area contributed by atoms with Crippen molar-refractivity contribution in [2.45, 2.75) is 14.7 Å². The number of rotatable bonds is 8. The van der Waals surface area contributed by atoms with Gasteiger partial charge in [-0.25, -0.2) is 4.39 Å². The number of phenols is 1. The predicted octanol–water partition coefficient (Wildman–Crippen LogP) is 5.48. The smallest absolute Gasteiger partial charge is 0.296 e. The molecule has 4 aromatic rings. The average molecular weight is 652 g/mol. The number of fused-ring (bicyclic) bond motifs is 1. The highest BCUT2D eigenvalue weighted by Gasteiger charge is 2.25. The zero-order valence-electron chi connectivity index (χ0n) is 21.2. The van der Waals surface area contributed by atoms with Crippen molar-refractivity contribution in [3.63, 3.8) is 0 Å². The molecule has 0 atom stereocenters. The van der Waals surface area contributed by atoms with E-state index in [0.717, 1.165) is 5.56 Å². The van der Waals surface area contributed by atoms with E-state index in [1.54, 1.807) is 18.2 Å². The lowest BCUT2D eigenvalue weighted by Crippen LogP contribution is -2.04. The molecule has 0 saturated heterocycles. The molecule has 6 N–H and O–H groups in total. The van der Waals surface area contributed by atoms with Crippen LogP contribution in [0.25, 0.3) is 16.8 Å². The zero-order chi connectivity index (χ0) is 31.9. The number of halogens is 1. The first-order valence-corrected chi connectivity index (χ1v) is 15.6. The normalized spacial score (nSPS) is 12.8. The summed E-state index contributed by atoms with van der Waals surface area (Å²) in [5, 5.41) is 24.3. The fourth-order valence-electron chi connectivity index (χ4n) is 3.72. The fourth-order valence-corrected chi connectivity index (χ4v) is 5.53. The van der Waals surface area contributed by atoms with E-state index < -0.39 is 90.1 Å². The number of phenolic OH excluding ortho intramolecular Hbond substituents is 1. The Bertz CT molecular complexity index is 2200. The van der Waals surface area contributed by atoms with Crippen LogP contribution in [0.4, 0.5) is 32.8 Å². The van der Waals surface area contributed by atoms with Crippen molar-refractivity contribution >= 4 is 75.6 Å². The van der Waals surface area contributed by atoms with E-state index in [4.69, 9.17) is 5.73 Å². The van der Waals surface area contributed by atoms with Gasteiger partial charge in [0.1, 0.15) is 32.6 Å². The first-order valence-electron chi connectivity index (χ1n) is 11.3.